The molecule has 0 aliphatic carbocycles. The van der Waals surface area contributed by atoms with Crippen molar-refractivity contribution in [2.75, 3.05) is 11.9 Å². The van der Waals surface area contributed by atoms with Crippen molar-refractivity contribution in [2.45, 2.75) is 34.2 Å². The van der Waals surface area contributed by atoms with Gasteiger partial charge < -0.3 is 5.32 Å². The van der Waals surface area contributed by atoms with E-state index in [1.54, 1.807) is 12.1 Å². The van der Waals surface area contributed by atoms with Gasteiger partial charge in [0.05, 0.1) is 17.2 Å². The Morgan fingerprint density at radius 2 is 2.05 bits per heavy atom. The first-order valence-corrected chi connectivity index (χ1v) is 6.95. The van der Waals surface area contributed by atoms with Gasteiger partial charge in [0.25, 0.3) is 5.69 Å². The molecule has 0 unspecified atom stereocenters. The van der Waals surface area contributed by atoms with Crippen LogP contribution in [0.2, 0.25) is 0 Å². The molecule has 0 saturated carbocycles. The quantitative estimate of drug-likeness (QED) is 0.677. The van der Waals surface area contributed by atoms with Crippen molar-refractivity contribution in [1.82, 2.24) is 9.78 Å². The van der Waals surface area contributed by atoms with Crippen molar-refractivity contribution >= 4 is 11.4 Å². The Morgan fingerprint density at radius 1 is 1.33 bits per heavy atom. The van der Waals surface area contributed by atoms with Crippen LogP contribution < -0.4 is 5.32 Å². The molecule has 0 spiro atoms. The third-order valence-corrected chi connectivity index (χ3v) is 3.73. The molecule has 21 heavy (non-hydrogen) atoms. The number of anilines is 1. The highest BCUT2D eigenvalue weighted by atomic mass is 16.6. The van der Waals surface area contributed by atoms with Gasteiger partial charge in [-0.1, -0.05) is 0 Å². The Balaban J connectivity index is 2.42. The molecule has 0 atom stereocenters. The lowest BCUT2D eigenvalue weighted by Gasteiger charge is -2.12. The highest BCUT2D eigenvalue weighted by Gasteiger charge is 2.13. The molecule has 0 fully saturated rings. The molecule has 0 amide bonds. The SMILES string of the molecule is CCNc1ccc([N+](=O)[O-])cc1Cn1nc(C)c(C)c1C. The van der Waals surface area contributed by atoms with Crippen molar-refractivity contribution in [1.29, 1.82) is 0 Å². The standard InChI is InChI=1S/C15H20N4O2/c1-5-16-15-7-6-14(19(20)21)8-13(15)9-18-12(4)10(2)11(3)17-18/h6-8,16H,5,9H2,1-4H3. The molecule has 0 saturated heterocycles. The second kappa shape index (κ2) is 5.95. The number of non-ortho nitro benzene ring substituents is 1. The molecular formula is C15H20N4O2. The summed E-state index contributed by atoms with van der Waals surface area (Å²) in [5.41, 5.74) is 5.12. The van der Waals surface area contributed by atoms with Crippen LogP contribution in [0.15, 0.2) is 18.2 Å². The lowest BCUT2D eigenvalue weighted by Crippen LogP contribution is -2.08. The Labute approximate surface area is 123 Å². The van der Waals surface area contributed by atoms with E-state index in [-0.39, 0.29) is 10.6 Å². The van der Waals surface area contributed by atoms with E-state index in [9.17, 15) is 10.1 Å². The highest BCUT2D eigenvalue weighted by molar-refractivity contribution is 5.56. The number of nitrogens with one attached hydrogen (secondary N) is 1. The summed E-state index contributed by atoms with van der Waals surface area (Å²) >= 11 is 0. The summed E-state index contributed by atoms with van der Waals surface area (Å²) < 4.78 is 1.89. The van der Waals surface area contributed by atoms with Crippen LogP contribution in [-0.2, 0) is 6.54 Å². The number of nitro groups is 1. The van der Waals surface area contributed by atoms with Gasteiger partial charge in [-0.15, -0.1) is 0 Å². The zero-order valence-electron chi connectivity index (χ0n) is 12.8. The lowest BCUT2D eigenvalue weighted by atomic mass is 10.1. The largest absolute Gasteiger partial charge is 0.385 e. The Hall–Kier alpha value is -2.37. The molecule has 1 aromatic carbocycles. The molecule has 0 radical (unpaired) electrons. The number of hydrogen-bond acceptors (Lipinski definition) is 4. The minimum atomic E-state index is -0.369. The van der Waals surface area contributed by atoms with Gasteiger partial charge in [-0.05, 0) is 39.3 Å². The maximum absolute atomic E-state index is 11.0. The number of aromatic nitrogens is 2. The Morgan fingerprint density at radius 3 is 2.57 bits per heavy atom. The van der Waals surface area contributed by atoms with Gasteiger partial charge in [0.1, 0.15) is 0 Å². The zero-order valence-corrected chi connectivity index (χ0v) is 12.8. The Bertz CT molecular complexity index is 677. The van der Waals surface area contributed by atoms with Gasteiger partial charge in [-0.3, -0.25) is 14.8 Å². The minimum absolute atomic E-state index is 0.102. The number of hydrogen-bond donors (Lipinski definition) is 1. The smallest absolute Gasteiger partial charge is 0.269 e. The van der Waals surface area contributed by atoms with Crippen molar-refractivity contribution < 1.29 is 4.92 Å². The number of nitrogens with zero attached hydrogens (tertiary/aromatic N) is 3. The first kappa shape index (κ1) is 15.0. The molecular weight excluding hydrogens is 268 g/mol. The van der Waals surface area contributed by atoms with Gasteiger partial charge in [-0.25, -0.2) is 0 Å². The third-order valence-electron chi connectivity index (χ3n) is 3.73. The third kappa shape index (κ3) is 3.04. The van der Waals surface area contributed by atoms with Crippen LogP contribution in [0.5, 0.6) is 0 Å². The first-order chi connectivity index (χ1) is 9.93. The van der Waals surface area contributed by atoms with E-state index in [1.807, 2.05) is 32.4 Å². The van der Waals surface area contributed by atoms with Crippen LogP contribution in [0.25, 0.3) is 0 Å². The fourth-order valence-electron chi connectivity index (χ4n) is 2.29. The highest BCUT2D eigenvalue weighted by Crippen LogP contribution is 2.24. The maximum atomic E-state index is 11.0. The summed E-state index contributed by atoms with van der Waals surface area (Å²) in [6.45, 7) is 9.30. The molecule has 2 rings (SSSR count). The molecule has 0 aliphatic rings. The van der Waals surface area contributed by atoms with Crippen molar-refractivity contribution in [3.63, 3.8) is 0 Å². The van der Waals surface area contributed by atoms with Crippen molar-refractivity contribution in [3.8, 4) is 0 Å². The molecule has 1 heterocycles. The maximum Gasteiger partial charge on any atom is 0.269 e. The van der Waals surface area contributed by atoms with E-state index < -0.39 is 0 Å². The fourth-order valence-corrected chi connectivity index (χ4v) is 2.29. The molecule has 0 aliphatic heterocycles. The second-order valence-electron chi connectivity index (χ2n) is 5.08. The van der Waals surface area contributed by atoms with Crippen LogP contribution in [0.4, 0.5) is 11.4 Å². The van der Waals surface area contributed by atoms with E-state index in [0.717, 1.165) is 34.7 Å². The van der Waals surface area contributed by atoms with Crippen LogP contribution in [0.1, 0.15) is 29.4 Å². The fraction of sp³-hybridized carbons (Fsp3) is 0.400. The summed E-state index contributed by atoms with van der Waals surface area (Å²) in [6.07, 6.45) is 0. The summed E-state index contributed by atoms with van der Waals surface area (Å²) in [4.78, 5) is 10.6. The normalized spacial score (nSPS) is 10.7. The summed E-state index contributed by atoms with van der Waals surface area (Å²) in [5.74, 6) is 0. The number of rotatable bonds is 5. The summed E-state index contributed by atoms with van der Waals surface area (Å²) in [6, 6.07) is 4.90. The van der Waals surface area contributed by atoms with Gasteiger partial charge in [0, 0.05) is 35.6 Å². The first-order valence-electron chi connectivity index (χ1n) is 6.95. The molecule has 1 N–H and O–H groups in total. The second-order valence-corrected chi connectivity index (χ2v) is 5.08. The van der Waals surface area contributed by atoms with Crippen LogP contribution in [0.3, 0.4) is 0 Å². The zero-order chi connectivity index (χ0) is 15.6. The van der Waals surface area contributed by atoms with Crippen molar-refractivity contribution in [3.05, 3.63) is 50.8 Å². The number of nitro benzene ring substituents is 1. The molecule has 2 aromatic rings. The average Bonchev–Trinajstić information content (AvgIpc) is 2.68. The average molecular weight is 288 g/mol. The lowest BCUT2D eigenvalue weighted by molar-refractivity contribution is -0.384. The number of aryl methyl sites for hydroxylation is 1. The molecule has 6 heteroatoms. The Kier molecular flexibility index (Phi) is 4.26. The monoisotopic (exact) mass is 288 g/mol. The molecule has 112 valence electrons. The molecule has 1 aromatic heterocycles. The van der Waals surface area contributed by atoms with Crippen LogP contribution >= 0.6 is 0 Å². The van der Waals surface area contributed by atoms with Crippen LogP contribution in [0, 0.1) is 30.9 Å². The van der Waals surface area contributed by atoms with Gasteiger partial charge in [0.15, 0.2) is 0 Å². The van der Waals surface area contributed by atoms with Crippen molar-refractivity contribution in [2.24, 2.45) is 0 Å². The molecule has 0 bridgehead atoms. The van der Waals surface area contributed by atoms with E-state index in [4.69, 9.17) is 0 Å². The predicted octanol–water partition coefficient (Wildman–Crippen LogP) is 3.20. The van der Waals surface area contributed by atoms with E-state index in [2.05, 4.69) is 10.4 Å². The van der Waals surface area contributed by atoms with E-state index in [1.165, 1.54) is 6.07 Å². The summed E-state index contributed by atoms with van der Waals surface area (Å²) in [5, 5.41) is 18.7. The van der Waals surface area contributed by atoms with Gasteiger partial charge in [0.2, 0.25) is 0 Å². The minimum Gasteiger partial charge on any atom is -0.385 e. The predicted molar refractivity (Wildman–Crippen MR) is 82.8 cm³/mol. The van der Waals surface area contributed by atoms with Crippen LogP contribution in [-0.4, -0.2) is 21.2 Å². The topological polar surface area (TPSA) is 73.0 Å². The molecule has 6 nitrogen and oxygen atoms in total. The number of benzene rings is 1. The van der Waals surface area contributed by atoms with Gasteiger partial charge >= 0.3 is 0 Å². The summed E-state index contributed by atoms with van der Waals surface area (Å²) in [7, 11) is 0. The van der Waals surface area contributed by atoms with E-state index >= 15 is 0 Å². The van der Waals surface area contributed by atoms with E-state index in [0.29, 0.717) is 6.54 Å². The van der Waals surface area contributed by atoms with Gasteiger partial charge in [-0.2, -0.15) is 5.10 Å².